The maximum Gasteiger partial charge on any atom is 0.0820 e. The number of anilines is 1. The smallest absolute Gasteiger partial charge is 0.0820 e. The van der Waals surface area contributed by atoms with Crippen molar-refractivity contribution in [3.05, 3.63) is 40.9 Å². The Morgan fingerprint density at radius 3 is 3.00 bits per heavy atom. The van der Waals surface area contributed by atoms with Crippen molar-refractivity contribution in [3.8, 4) is 0 Å². The van der Waals surface area contributed by atoms with Gasteiger partial charge in [-0.2, -0.15) is 5.10 Å². The van der Waals surface area contributed by atoms with Crippen LogP contribution in [0.15, 0.2) is 24.7 Å². The van der Waals surface area contributed by atoms with E-state index in [-0.39, 0.29) is 0 Å². The fourth-order valence-electron chi connectivity index (χ4n) is 1.74. The van der Waals surface area contributed by atoms with Crippen molar-refractivity contribution in [1.29, 1.82) is 0 Å². The van der Waals surface area contributed by atoms with Crippen molar-refractivity contribution >= 4 is 17.3 Å². The molecular formula is C12H15ClN4. The fraction of sp³-hybridized carbons (Fsp3) is 0.333. The van der Waals surface area contributed by atoms with Crippen molar-refractivity contribution in [3.63, 3.8) is 0 Å². The second-order valence-corrected chi connectivity index (χ2v) is 4.24. The molecular weight excluding hydrogens is 236 g/mol. The molecule has 2 aromatic rings. The molecule has 0 atom stereocenters. The molecule has 0 radical (unpaired) electrons. The number of aryl methyl sites for hydroxylation is 2. The Labute approximate surface area is 106 Å². The summed E-state index contributed by atoms with van der Waals surface area (Å²) < 4.78 is 1.84. The Hall–Kier alpha value is -1.55. The number of aromatic nitrogens is 3. The number of rotatable bonds is 4. The number of nitrogens with zero attached hydrogens (tertiary/aromatic N) is 3. The van der Waals surface area contributed by atoms with E-state index in [1.807, 2.05) is 24.0 Å². The maximum atomic E-state index is 6.02. The van der Waals surface area contributed by atoms with Gasteiger partial charge >= 0.3 is 0 Å². The van der Waals surface area contributed by atoms with Gasteiger partial charge in [-0.15, -0.1) is 0 Å². The number of hydrogen-bond donors (Lipinski definition) is 1. The summed E-state index contributed by atoms with van der Waals surface area (Å²) in [6.45, 7) is 2.83. The average molecular weight is 251 g/mol. The van der Waals surface area contributed by atoms with Crippen LogP contribution in [0.3, 0.4) is 0 Å². The SMILES string of the molecule is CCc1nn(C)cc1CNc1ccncc1Cl. The first-order valence-electron chi connectivity index (χ1n) is 5.55. The summed E-state index contributed by atoms with van der Waals surface area (Å²) in [4.78, 5) is 3.95. The maximum absolute atomic E-state index is 6.02. The zero-order chi connectivity index (χ0) is 12.3. The summed E-state index contributed by atoms with van der Waals surface area (Å²) in [6, 6.07) is 1.87. The number of nitrogens with one attached hydrogen (secondary N) is 1. The minimum atomic E-state index is 0.634. The van der Waals surface area contributed by atoms with Crippen LogP contribution in [-0.4, -0.2) is 14.8 Å². The molecule has 4 nitrogen and oxygen atoms in total. The summed E-state index contributed by atoms with van der Waals surface area (Å²) in [5.74, 6) is 0. The summed E-state index contributed by atoms with van der Waals surface area (Å²) in [5.41, 5.74) is 3.21. The van der Waals surface area contributed by atoms with E-state index in [1.165, 1.54) is 5.56 Å². The number of hydrogen-bond acceptors (Lipinski definition) is 3. The third-order valence-electron chi connectivity index (χ3n) is 2.57. The van der Waals surface area contributed by atoms with E-state index < -0.39 is 0 Å². The van der Waals surface area contributed by atoms with Gasteiger partial charge in [0.25, 0.3) is 0 Å². The molecule has 0 spiro atoms. The molecule has 2 heterocycles. The first kappa shape index (κ1) is 11.9. The van der Waals surface area contributed by atoms with Crippen LogP contribution in [0.25, 0.3) is 0 Å². The molecule has 5 heteroatoms. The van der Waals surface area contributed by atoms with E-state index in [1.54, 1.807) is 12.4 Å². The van der Waals surface area contributed by atoms with E-state index >= 15 is 0 Å². The van der Waals surface area contributed by atoms with Gasteiger partial charge in [0.05, 0.1) is 16.4 Å². The van der Waals surface area contributed by atoms with Crippen LogP contribution in [0.5, 0.6) is 0 Å². The van der Waals surface area contributed by atoms with E-state index in [0.717, 1.165) is 24.3 Å². The van der Waals surface area contributed by atoms with Gasteiger partial charge in [-0.1, -0.05) is 18.5 Å². The van der Waals surface area contributed by atoms with Gasteiger partial charge in [0.15, 0.2) is 0 Å². The van der Waals surface area contributed by atoms with Gasteiger partial charge in [0.2, 0.25) is 0 Å². The zero-order valence-electron chi connectivity index (χ0n) is 9.94. The second-order valence-electron chi connectivity index (χ2n) is 3.84. The summed E-state index contributed by atoms with van der Waals surface area (Å²) in [6.07, 6.45) is 6.31. The standard InChI is InChI=1S/C12H15ClN4/c1-3-11-9(8-17(2)16-11)6-15-12-4-5-14-7-10(12)13/h4-5,7-8H,3,6H2,1-2H3,(H,14,15). The zero-order valence-corrected chi connectivity index (χ0v) is 10.7. The first-order valence-corrected chi connectivity index (χ1v) is 5.93. The lowest BCUT2D eigenvalue weighted by atomic mass is 10.2. The molecule has 2 rings (SSSR count). The van der Waals surface area contributed by atoms with Crippen LogP contribution in [0.4, 0.5) is 5.69 Å². The number of pyridine rings is 1. The average Bonchev–Trinajstić information content (AvgIpc) is 2.69. The molecule has 0 aliphatic rings. The third-order valence-corrected chi connectivity index (χ3v) is 2.87. The van der Waals surface area contributed by atoms with Gasteiger partial charge in [0, 0.05) is 37.7 Å². The Kier molecular flexibility index (Phi) is 3.64. The molecule has 90 valence electrons. The van der Waals surface area contributed by atoms with Gasteiger partial charge in [-0.05, 0) is 12.5 Å². The molecule has 0 amide bonds. The van der Waals surface area contributed by atoms with Gasteiger partial charge in [0.1, 0.15) is 0 Å². The van der Waals surface area contributed by atoms with Crippen LogP contribution >= 0.6 is 11.6 Å². The molecule has 0 bridgehead atoms. The number of halogens is 1. The summed E-state index contributed by atoms with van der Waals surface area (Å²) in [7, 11) is 1.93. The Balaban J connectivity index is 2.09. The quantitative estimate of drug-likeness (QED) is 0.907. The highest BCUT2D eigenvalue weighted by Gasteiger charge is 2.06. The van der Waals surface area contributed by atoms with E-state index in [2.05, 4.69) is 22.3 Å². The van der Waals surface area contributed by atoms with Crippen molar-refractivity contribution < 1.29 is 0 Å². The van der Waals surface area contributed by atoms with Crippen molar-refractivity contribution in [1.82, 2.24) is 14.8 Å². The molecule has 1 N–H and O–H groups in total. The molecule has 2 aromatic heterocycles. The molecule has 0 aliphatic carbocycles. The molecule has 0 saturated heterocycles. The Morgan fingerprint density at radius 2 is 2.29 bits per heavy atom. The lowest BCUT2D eigenvalue weighted by Crippen LogP contribution is -2.01. The van der Waals surface area contributed by atoms with Crippen LogP contribution in [0.1, 0.15) is 18.2 Å². The minimum Gasteiger partial charge on any atom is -0.380 e. The second kappa shape index (κ2) is 5.19. The summed E-state index contributed by atoms with van der Waals surface area (Å²) >= 11 is 6.02. The predicted octanol–water partition coefficient (Wildman–Crippen LogP) is 2.64. The molecule has 17 heavy (non-hydrogen) atoms. The fourth-order valence-corrected chi connectivity index (χ4v) is 1.92. The first-order chi connectivity index (χ1) is 8.20. The van der Waals surface area contributed by atoms with Crippen LogP contribution in [0.2, 0.25) is 5.02 Å². The lowest BCUT2D eigenvalue weighted by Gasteiger charge is -2.07. The molecule has 0 unspecified atom stereocenters. The van der Waals surface area contributed by atoms with Crippen LogP contribution in [0, 0.1) is 0 Å². The van der Waals surface area contributed by atoms with Gasteiger partial charge in [-0.25, -0.2) is 0 Å². The van der Waals surface area contributed by atoms with Crippen LogP contribution in [-0.2, 0) is 20.0 Å². The monoisotopic (exact) mass is 250 g/mol. The molecule has 0 saturated carbocycles. The third kappa shape index (κ3) is 2.77. The van der Waals surface area contributed by atoms with E-state index in [9.17, 15) is 0 Å². The highest BCUT2D eigenvalue weighted by Crippen LogP contribution is 2.20. The normalized spacial score (nSPS) is 10.5. The summed E-state index contributed by atoms with van der Waals surface area (Å²) in [5, 5.41) is 8.32. The predicted molar refractivity (Wildman–Crippen MR) is 69.2 cm³/mol. The van der Waals surface area contributed by atoms with Crippen molar-refractivity contribution in [2.75, 3.05) is 5.32 Å². The van der Waals surface area contributed by atoms with E-state index in [4.69, 9.17) is 11.6 Å². The van der Waals surface area contributed by atoms with Gasteiger partial charge < -0.3 is 5.32 Å². The molecule has 0 aromatic carbocycles. The van der Waals surface area contributed by atoms with Crippen molar-refractivity contribution in [2.24, 2.45) is 7.05 Å². The minimum absolute atomic E-state index is 0.634. The van der Waals surface area contributed by atoms with Crippen LogP contribution < -0.4 is 5.32 Å². The Bertz CT molecular complexity index is 507. The Morgan fingerprint density at radius 1 is 1.47 bits per heavy atom. The van der Waals surface area contributed by atoms with Crippen molar-refractivity contribution in [2.45, 2.75) is 19.9 Å². The molecule has 0 fully saturated rings. The molecule has 0 aliphatic heterocycles. The van der Waals surface area contributed by atoms with E-state index in [0.29, 0.717) is 5.02 Å². The largest absolute Gasteiger partial charge is 0.380 e. The lowest BCUT2D eigenvalue weighted by molar-refractivity contribution is 0.746. The highest BCUT2D eigenvalue weighted by atomic mass is 35.5. The topological polar surface area (TPSA) is 42.7 Å². The van der Waals surface area contributed by atoms with Gasteiger partial charge in [-0.3, -0.25) is 9.67 Å². The highest BCUT2D eigenvalue weighted by molar-refractivity contribution is 6.33.